The summed E-state index contributed by atoms with van der Waals surface area (Å²) in [6, 6.07) is -0.671. The van der Waals surface area contributed by atoms with Crippen molar-refractivity contribution in [2.24, 2.45) is 0 Å². The molecule has 3 atom stereocenters. The van der Waals surface area contributed by atoms with Gasteiger partial charge in [-0.05, 0) is 0 Å². The molecular weight excluding hydrogens is 165 g/mol. The second kappa shape index (κ2) is 3.82. The standard InChI is InChI=1S/C7H12FNO3/c1-11-6-4(8)3-9-5(6)7(10)12-2/h4-6,9H,3H2,1-2H3/t4-,5-,6+/m0/s1. The Balaban J connectivity index is 2.60. The van der Waals surface area contributed by atoms with Crippen molar-refractivity contribution in [2.75, 3.05) is 20.8 Å². The summed E-state index contributed by atoms with van der Waals surface area (Å²) >= 11 is 0. The summed E-state index contributed by atoms with van der Waals surface area (Å²) in [6.07, 6.45) is -1.86. The average Bonchev–Trinajstić information content (AvgIpc) is 2.45. The maximum absolute atomic E-state index is 12.9. The highest BCUT2D eigenvalue weighted by Gasteiger charge is 2.41. The SMILES string of the molecule is COC(=O)[C@H]1NC[C@H](F)[C@H]1OC. The molecule has 1 N–H and O–H groups in total. The van der Waals surface area contributed by atoms with Gasteiger partial charge in [0.2, 0.25) is 0 Å². The van der Waals surface area contributed by atoms with Gasteiger partial charge in [0.05, 0.1) is 7.11 Å². The number of alkyl halides is 1. The Morgan fingerprint density at radius 3 is 2.75 bits per heavy atom. The molecule has 1 aliphatic heterocycles. The van der Waals surface area contributed by atoms with Gasteiger partial charge in [-0.2, -0.15) is 0 Å². The summed E-state index contributed by atoms with van der Waals surface area (Å²) in [5.41, 5.74) is 0. The van der Waals surface area contributed by atoms with E-state index in [9.17, 15) is 9.18 Å². The largest absolute Gasteiger partial charge is 0.468 e. The van der Waals surface area contributed by atoms with Gasteiger partial charge in [-0.25, -0.2) is 4.39 Å². The third-order valence-corrected chi connectivity index (χ3v) is 1.95. The zero-order chi connectivity index (χ0) is 9.14. The molecule has 0 amide bonds. The lowest BCUT2D eigenvalue weighted by Crippen LogP contribution is -2.41. The van der Waals surface area contributed by atoms with Crippen molar-refractivity contribution >= 4 is 5.97 Å². The molecular formula is C7H12FNO3. The first-order valence-corrected chi connectivity index (χ1v) is 3.68. The van der Waals surface area contributed by atoms with Crippen LogP contribution in [-0.2, 0) is 14.3 Å². The first kappa shape index (κ1) is 9.41. The number of rotatable bonds is 2. The van der Waals surface area contributed by atoms with Crippen LogP contribution in [0.25, 0.3) is 0 Å². The lowest BCUT2D eigenvalue weighted by molar-refractivity contribution is -0.146. The van der Waals surface area contributed by atoms with Crippen LogP contribution in [0.2, 0.25) is 0 Å². The van der Waals surface area contributed by atoms with E-state index < -0.39 is 24.3 Å². The smallest absolute Gasteiger partial charge is 0.325 e. The van der Waals surface area contributed by atoms with Crippen LogP contribution in [0.5, 0.6) is 0 Å². The molecule has 0 aliphatic carbocycles. The van der Waals surface area contributed by atoms with Crippen molar-refractivity contribution < 1.29 is 18.7 Å². The van der Waals surface area contributed by atoms with Gasteiger partial charge in [-0.15, -0.1) is 0 Å². The first-order chi connectivity index (χ1) is 5.70. The number of methoxy groups -OCH3 is 2. The van der Waals surface area contributed by atoms with E-state index in [0.29, 0.717) is 0 Å². The number of hydrogen-bond donors (Lipinski definition) is 1. The second-order valence-corrected chi connectivity index (χ2v) is 2.63. The van der Waals surface area contributed by atoms with Crippen LogP contribution in [0.3, 0.4) is 0 Å². The van der Waals surface area contributed by atoms with Crippen LogP contribution < -0.4 is 5.32 Å². The van der Waals surface area contributed by atoms with E-state index in [1.807, 2.05) is 0 Å². The van der Waals surface area contributed by atoms with E-state index in [1.54, 1.807) is 0 Å². The third kappa shape index (κ3) is 1.56. The van der Waals surface area contributed by atoms with Crippen molar-refractivity contribution in [3.63, 3.8) is 0 Å². The van der Waals surface area contributed by atoms with Gasteiger partial charge in [0.15, 0.2) is 0 Å². The van der Waals surface area contributed by atoms with E-state index in [0.717, 1.165) is 0 Å². The van der Waals surface area contributed by atoms with Gasteiger partial charge in [-0.1, -0.05) is 0 Å². The molecule has 0 aromatic carbocycles. The monoisotopic (exact) mass is 177 g/mol. The fourth-order valence-electron chi connectivity index (χ4n) is 1.31. The maximum atomic E-state index is 12.9. The average molecular weight is 177 g/mol. The topological polar surface area (TPSA) is 47.6 Å². The summed E-state index contributed by atoms with van der Waals surface area (Å²) in [5, 5.41) is 2.68. The van der Waals surface area contributed by atoms with Gasteiger partial charge in [-0.3, -0.25) is 10.1 Å². The van der Waals surface area contributed by atoms with Crippen LogP contribution >= 0.6 is 0 Å². The van der Waals surface area contributed by atoms with Gasteiger partial charge < -0.3 is 9.47 Å². The fraction of sp³-hybridized carbons (Fsp3) is 0.857. The molecule has 12 heavy (non-hydrogen) atoms. The molecule has 1 fully saturated rings. The molecule has 0 saturated carbocycles. The Kier molecular flexibility index (Phi) is 2.99. The minimum atomic E-state index is -1.14. The number of carbonyl (C=O) groups is 1. The summed E-state index contributed by atoms with van der Waals surface area (Å²) in [6.45, 7) is 0.137. The molecule has 0 bridgehead atoms. The van der Waals surface area contributed by atoms with Gasteiger partial charge in [0, 0.05) is 13.7 Å². The number of esters is 1. The summed E-state index contributed by atoms with van der Waals surface area (Å²) < 4.78 is 22.2. The van der Waals surface area contributed by atoms with Crippen molar-refractivity contribution in [2.45, 2.75) is 18.3 Å². The van der Waals surface area contributed by atoms with E-state index in [2.05, 4.69) is 10.1 Å². The quantitative estimate of drug-likeness (QED) is 0.577. The summed E-state index contributed by atoms with van der Waals surface area (Å²) in [7, 11) is 2.64. The Labute approximate surface area is 70.0 Å². The fourth-order valence-corrected chi connectivity index (χ4v) is 1.31. The van der Waals surface area contributed by atoms with Crippen LogP contribution in [0.4, 0.5) is 4.39 Å². The Morgan fingerprint density at radius 1 is 1.58 bits per heavy atom. The van der Waals surface area contributed by atoms with Crippen LogP contribution in [0.1, 0.15) is 0 Å². The van der Waals surface area contributed by atoms with Crippen molar-refractivity contribution in [1.82, 2.24) is 5.32 Å². The van der Waals surface area contributed by atoms with E-state index >= 15 is 0 Å². The molecule has 0 radical (unpaired) electrons. The van der Waals surface area contributed by atoms with Crippen LogP contribution in [0, 0.1) is 0 Å². The molecule has 70 valence electrons. The predicted molar refractivity (Wildman–Crippen MR) is 39.5 cm³/mol. The molecule has 1 saturated heterocycles. The number of nitrogens with one attached hydrogen (secondary N) is 1. The van der Waals surface area contributed by atoms with E-state index in [4.69, 9.17) is 4.74 Å². The molecule has 0 aromatic heterocycles. The van der Waals surface area contributed by atoms with Crippen LogP contribution in [-0.4, -0.2) is 45.1 Å². The number of ether oxygens (including phenoxy) is 2. The highest BCUT2D eigenvalue weighted by Crippen LogP contribution is 2.15. The second-order valence-electron chi connectivity index (χ2n) is 2.63. The first-order valence-electron chi connectivity index (χ1n) is 3.68. The van der Waals surface area contributed by atoms with E-state index in [-0.39, 0.29) is 6.54 Å². The van der Waals surface area contributed by atoms with Crippen molar-refractivity contribution in [1.29, 1.82) is 0 Å². The Bertz CT molecular complexity index is 176. The maximum Gasteiger partial charge on any atom is 0.325 e. The van der Waals surface area contributed by atoms with E-state index in [1.165, 1.54) is 14.2 Å². The summed E-state index contributed by atoms with van der Waals surface area (Å²) in [4.78, 5) is 11.0. The lowest BCUT2D eigenvalue weighted by atomic mass is 10.1. The predicted octanol–water partition coefficient (Wildman–Crippen LogP) is -0.516. The minimum Gasteiger partial charge on any atom is -0.468 e. The zero-order valence-electron chi connectivity index (χ0n) is 7.04. The molecule has 1 heterocycles. The number of carbonyl (C=O) groups excluding carboxylic acids is 1. The molecule has 0 aromatic rings. The highest BCUT2D eigenvalue weighted by atomic mass is 19.1. The van der Waals surface area contributed by atoms with Gasteiger partial charge >= 0.3 is 5.97 Å². The third-order valence-electron chi connectivity index (χ3n) is 1.95. The summed E-state index contributed by atoms with van der Waals surface area (Å²) in [5.74, 6) is -0.484. The van der Waals surface area contributed by atoms with Gasteiger partial charge in [0.1, 0.15) is 18.3 Å². The molecule has 1 rings (SSSR count). The molecule has 0 unspecified atom stereocenters. The number of hydrogen-bond acceptors (Lipinski definition) is 4. The van der Waals surface area contributed by atoms with Crippen molar-refractivity contribution in [3.8, 4) is 0 Å². The Hall–Kier alpha value is -0.680. The highest BCUT2D eigenvalue weighted by molar-refractivity contribution is 5.77. The number of halogens is 1. The van der Waals surface area contributed by atoms with Gasteiger partial charge in [0.25, 0.3) is 0 Å². The Morgan fingerprint density at radius 2 is 2.25 bits per heavy atom. The molecule has 4 nitrogen and oxygen atoms in total. The molecule has 1 aliphatic rings. The normalized spacial score (nSPS) is 35.1. The minimum absolute atomic E-state index is 0.137. The lowest BCUT2D eigenvalue weighted by Gasteiger charge is -2.16. The molecule has 0 spiro atoms. The zero-order valence-corrected chi connectivity index (χ0v) is 7.04. The molecule has 5 heteroatoms. The van der Waals surface area contributed by atoms with Crippen molar-refractivity contribution in [3.05, 3.63) is 0 Å². The van der Waals surface area contributed by atoms with Crippen LogP contribution in [0.15, 0.2) is 0 Å².